The minimum Gasteiger partial charge on any atom is -0.378 e. The third-order valence-corrected chi connectivity index (χ3v) is 3.40. The van der Waals surface area contributed by atoms with Crippen LogP contribution in [0.15, 0.2) is 48.5 Å². The Hall–Kier alpha value is -2.29. The monoisotopic (exact) mass is 268 g/mol. The molecule has 2 aromatic rings. The van der Waals surface area contributed by atoms with Gasteiger partial charge in [-0.2, -0.15) is 0 Å². The van der Waals surface area contributed by atoms with Crippen LogP contribution < -0.4 is 11.1 Å². The minimum atomic E-state index is -0.401. The van der Waals surface area contributed by atoms with E-state index in [4.69, 9.17) is 5.73 Å². The minimum absolute atomic E-state index is 0.259. The number of nitrogens with one attached hydrogen (secondary N) is 1. The second kappa shape index (κ2) is 6.24. The van der Waals surface area contributed by atoms with Gasteiger partial charge in [-0.25, -0.2) is 0 Å². The van der Waals surface area contributed by atoms with Crippen molar-refractivity contribution < 1.29 is 4.79 Å². The maximum atomic E-state index is 11.0. The fourth-order valence-corrected chi connectivity index (χ4v) is 2.15. The van der Waals surface area contributed by atoms with Crippen LogP contribution in [0.1, 0.15) is 40.9 Å². The molecule has 2 rings (SSSR count). The molecule has 0 aliphatic heterocycles. The van der Waals surface area contributed by atoms with Crippen molar-refractivity contribution in [2.24, 2.45) is 5.73 Å². The molecule has 0 fully saturated rings. The van der Waals surface area contributed by atoms with E-state index in [2.05, 4.69) is 43.4 Å². The van der Waals surface area contributed by atoms with Crippen molar-refractivity contribution in [3.63, 3.8) is 0 Å². The largest absolute Gasteiger partial charge is 0.378 e. The molecule has 0 saturated heterocycles. The summed E-state index contributed by atoms with van der Waals surface area (Å²) in [6, 6.07) is 16.1. The van der Waals surface area contributed by atoms with Crippen LogP contribution in [0.5, 0.6) is 0 Å². The molecule has 0 bridgehead atoms. The SMILES string of the molecule is CCC(Nc1ccc(C(N)=O)cc1)c1ccc(C)cc1. The molecule has 3 N–H and O–H groups in total. The second-order valence-electron chi connectivity index (χ2n) is 4.96. The standard InChI is InChI=1S/C17H20N2O/c1-3-16(13-6-4-12(2)5-7-13)19-15-10-8-14(9-11-15)17(18)20/h4-11,16,19H,3H2,1-2H3,(H2,18,20). The summed E-state index contributed by atoms with van der Waals surface area (Å²) >= 11 is 0. The van der Waals surface area contributed by atoms with E-state index >= 15 is 0 Å². The summed E-state index contributed by atoms with van der Waals surface area (Å²) < 4.78 is 0. The number of anilines is 1. The van der Waals surface area contributed by atoms with Gasteiger partial charge in [-0.3, -0.25) is 4.79 Å². The van der Waals surface area contributed by atoms with Crippen LogP contribution in [0.2, 0.25) is 0 Å². The fraction of sp³-hybridized carbons (Fsp3) is 0.235. The Morgan fingerprint density at radius 1 is 1.10 bits per heavy atom. The van der Waals surface area contributed by atoms with Gasteiger partial charge < -0.3 is 11.1 Å². The quantitative estimate of drug-likeness (QED) is 0.869. The zero-order chi connectivity index (χ0) is 14.5. The molecule has 1 amide bonds. The Morgan fingerprint density at radius 3 is 2.20 bits per heavy atom. The van der Waals surface area contributed by atoms with Crippen LogP contribution in [0, 0.1) is 6.92 Å². The Kier molecular flexibility index (Phi) is 4.41. The van der Waals surface area contributed by atoms with Gasteiger partial charge in [-0.1, -0.05) is 36.8 Å². The predicted molar refractivity (Wildman–Crippen MR) is 82.8 cm³/mol. The Morgan fingerprint density at radius 2 is 1.70 bits per heavy atom. The van der Waals surface area contributed by atoms with Gasteiger partial charge in [0.1, 0.15) is 0 Å². The number of amides is 1. The molecule has 1 atom stereocenters. The van der Waals surface area contributed by atoms with Crippen LogP contribution in [-0.2, 0) is 0 Å². The zero-order valence-corrected chi connectivity index (χ0v) is 11.9. The summed E-state index contributed by atoms with van der Waals surface area (Å²) in [6.07, 6.45) is 0.987. The van der Waals surface area contributed by atoms with Gasteiger partial charge in [-0.05, 0) is 43.2 Å². The molecular formula is C17H20N2O. The van der Waals surface area contributed by atoms with Gasteiger partial charge in [-0.15, -0.1) is 0 Å². The number of benzene rings is 2. The van der Waals surface area contributed by atoms with Crippen LogP contribution >= 0.6 is 0 Å². The van der Waals surface area contributed by atoms with Gasteiger partial charge in [0.05, 0.1) is 6.04 Å². The molecule has 0 heterocycles. The Balaban J connectivity index is 2.13. The third-order valence-electron chi connectivity index (χ3n) is 3.40. The number of hydrogen-bond acceptors (Lipinski definition) is 2. The first-order valence-corrected chi connectivity index (χ1v) is 6.83. The first-order valence-electron chi connectivity index (χ1n) is 6.83. The number of primary amides is 1. The van der Waals surface area contributed by atoms with Crippen LogP contribution in [0.3, 0.4) is 0 Å². The number of hydrogen-bond donors (Lipinski definition) is 2. The second-order valence-corrected chi connectivity index (χ2v) is 4.96. The highest BCUT2D eigenvalue weighted by molar-refractivity contribution is 5.93. The van der Waals surface area contributed by atoms with Crippen molar-refractivity contribution in [1.29, 1.82) is 0 Å². The van der Waals surface area contributed by atoms with E-state index in [0.29, 0.717) is 5.56 Å². The lowest BCUT2D eigenvalue weighted by atomic mass is 10.0. The number of carbonyl (C=O) groups excluding carboxylic acids is 1. The van der Waals surface area contributed by atoms with Crippen LogP contribution in [-0.4, -0.2) is 5.91 Å². The summed E-state index contributed by atoms with van der Waals surface area (Å²) in [5.41, 5.74) is 9.27. The maximum absolute atomic E-state index is 11.0. The van der Waals surface area contributed by atoms with Gasteiger partial charge in [0.25, 0.3) is 0 Å². The molecule has 0 aliphatic carbocycles. The Labute approximate surface area is 119 Å². The van der Waals surface area contributed by atoms with Gasteiger partial charge in [0.2, 0.25) is 5.91 Å². The molecule has 0 aromatic heterocycles. The number of nitrogens with two attached hydrogens (primary N) is 1. The van der Waals surface area contributed by atoms with E-state index in [1.54, 1.807) is 12.1 Å². The molecule has 20 heavy (non-hydrogen) atoms. The molecule has 3 heteroatoms. The zero-order valence-electron chi connectivity index (χ0n) is 11.9. The van der Waals surface area contributed by atoms with Crippen molar-refractivity contribution in [3.8, 4) is 0 Å². The van der Waals surface area contributed by atoms with E-state index < -0.39 is 5.91 Å². The summed E-state index contributed by atoms with van der Waals surface area (Å²) in [5, 5.41) is 3.48. The topological polar surface area (TPSA) is 55.1 Å². The average molecular weight is 268 g/mol. The molecule has 0 spiro atoms. The molecule has 1 unspecified atom stereocenters. The summed E-state index contributed by atoms with van der Waals surface area (Å²) in [6.45, 7) is 4.23. The molecule has 3 nitrogen and oxygen atoms in total. The molecule has 104 valence electrons. The first kappa shape index (κ1) is 14.1. The smallest absolute Gasteiger partial charge is 0.248 e. The van der Waals surface area contributed by atoms with Crippen molar-refractivity contribution in [2.75, 3.05) is 5.32 Å². The molecule has 0 aliphatic rings. The highest BCUT2D eigenvalue weighted by Gasteiger charge is 2.09. The van der Waals surface area contributed by atoms with Gasteiger partial charge in [0, 0.05) is 11.3 Å². The van der Waals surface area contributed by atoms with E-state index in [1.807, 2.05) is 12.1 Å². The molecular weight excluding hydrogens is 248 g/mol. The summed E-state index contributed by atoms with van der Waals surface area (Å²) in [4.78, 5) is 11.0. The van der Waals surface area contributed by atoms with Crippen molar-refractivity contribution >= 4 is 11.6 Å². The lowest BCUT2D eigenvalue weighted by Crippen LogP contribution is -2.12. The Bertz CT molecular complexity index is 573. The average Bonchev–Trinajstić information content (AvgIpc) is 2.46. The van der Waals surface area contributed by atoms with E-state index in [-0.39, 0.29) is 6.04 Å². The van der Waals surface area contributed by atoms with E-state index in [1.165, 1.54) is 11.1 Å². The summed E-state index contributed by atoms with van der Waals surface area (Å²) in [5.74, 6) is -0.401. The highest BCUT2D eigenvalue weighted by Crippen LogP contribution is 2.23. The number of rotatable bonds is 5. The third kappa shape index (κ3) is 3.38. The number of aryl methyl sites for hydroxylation is 1. The van der Waals surface area contributed by atoms with Crippen molar-refractivity contribution in [3.05, 3.63) is 65.2 Å². The van der Waals surface area contributed by atoms with E-state index in [9.17, 15) is 4.79 Å². The van der Waals surface area contributed by atoms with Crippen LogP contribution in [0.25, 0.3) is 0 Å². The first-order chi connectivity index (χ1) is 9.60. The molecule has 0 saturated carbocycles. The van der Waals surface area contributed by atoms with Gasteiger partial charge in [0.15, 0.2) is 0 Å². The molecule has 2 aromatic carbocycles. The van der Waals surface area contributed by atoms with Crippen LogP contribution in [0.4, 0.5) is 5.69 Å². The van der Waals surface area contributed by atoms with E-state index in [0.717, 1.165) is 12.1 Å². The molecule has 0 radical (unpaired) electrons. The fourth-order valence-electron chi connectivity index (χ4n) is 2.15. The lowest BCUT2D eigenvalue weighted by Gasteiger charge is -2.19. The highest BCUT2D eigenvalue weighted by atomic mass is 16.1. The van der Waals surface area contributed by atoms with Gasteiger partial charge >= 0.3 is 0 Å². The predicted octanol–water partition coefficient (Wildman–Crippen LogP) is 3.66. The maximum Gasteiger partial charge on any atom is 0.248 e. The van der Waals surface area contributed by atoms with Crippen molar-refractivity contribution in [1.82, 2.24) is 0 Å². The normalized spacial score (nSPS) is 11.9. The number of carbonyl (C=O) groups is 1. The summed E-state index contributed by atoms with van der Waals surface area (Å²) in [7, 11) is 0. The van der Waals surface area contributed by atoms with Crippen molar-refractivity contribution in [2.45, 2.75) is 26.3 Å². The lowest BCUT2D eigenvalue weighted by molar-refractivity contribution is 0.100.